The SMILES string of the molecule is CCOc1cccc(C=NNC(=O)c2ccc(CSc3nc(C)cc(C)n3)cc2)c1O. The number of aromatic hydroxyl groups is 1. The molecule has 0 bridgehead atoms. The summed E-state index contributed by atoms with van der Waals surface area (Å²) >= 11 is 1.55. The predicted molar refractivity (Wildman–Crippen MR) is 122 cm³/mol. The number of hydrazone groups is 1. The van der Waals surface area contributed by atoms with Crippen LogP contribution in [0.1, 0.15) is 39.8 Å². The highest BCUT2D eigenvalue weighted by Gasteiger charge is 2.08. The Kier molecular flexibility index (Phi) is 7.61. The van der Waals surface area contributed by atoms with Crippen molar-refractivity contribution in [1.82, 2.24) is 15.4 Å². The Balaban J connectivity index is 1.56. The lowest BCUT2D eigenvalue weighted by atomic mass is 10.1. The van der Waals surface area contributed by atoms with Gasteiger partial charge in [0, 0.05) is 28.3 Å². The van der Waals surface area contributed by atoms with E-state index in [-0.39, 0.29) is 11.7 Å². The Morgan fingerprint density at radius 3 is 2.55 bits per heavy atom. The first-order chi connectivity index (χ1) is 15.0. The molecule has 0 fully saturated rings. The zero-order chi connectivity index (χ0) is 22.2. The van der Waals surface area contributed by atoms with Gasteiger partial charge in [-0.15, -0.1) is 0 Å². The highest BCUT2D eigenvalue weighted by molar-refractivity contribution is 7.98. The molecular formula is C23H24N4O3S. The molecule has 0 atom stereocenters. The van der Waals surface area contributed by atoms with Gasteiger partial charge in [-0.05, 0) is 56.7 Å². The molecule has 0 aliphatic rings. The lowest BCUT2D eigenvalue weighted by molar-refractivity contribution is 0.0955. The molecule has 1 amide bonds. The molecular weight excluding hydrogens is 412 g/mol. The number of phenolic OH excluding ortho intramolecular Hbond substituents is 1. The highest BCUT2D eigenvalue weighted by atomic mass is 32.2. The van der Waals surface area contributed by atoms with E-state index in [1.807, 2.05) is 39.0 Å². The third kappa shape index (κ3) is 6.29. The van der Waals surface area contributed by atoms with E-state index in [0.717, 1.165) is 22.1 Å². The van der Waals surface area contributed by atoms with Crippen molar-refractivity contribution in [3.8, 4) is 11.5 Å². The summed E-state index contributed by atoms with van der Waals surface area (Å²) in [5, 5.41) is 14.8. The number of hydrogen-bond donors (Lipinski definition) is 2. The fraction of sp³-hybridized carbons (Fsp3) is 0.217. The van der Waals surface area contributed by atoms with Crippen molar-refractivity contribution in [2.45, 2.75) is 31.7 Å². The van der Waals surface area contributed by atoms with Crippen LogP contribution in [-0.4, -0.2) is 33.8 Å². The monoisotopic (exact) mass is 436 g/mol. The zero-order valence-electron chi connectivity index (χ0n) is 17.6. The van der Waals surface area contributed by atoms with Gasteiger partial charge in [0.25, 0.3) is 5.91 Å². The second-order valence-corrected chi connectivity index (χ2v) is 7.69. The number of aryl methyl sites for hydroxylation is 2. The molecule has 1 heterocycles. The van der Waals surface area contributed by atoms with E-state index in [0.29, 0.717) is 29.2 Å². The zero-order valence-corrected chi connectivity index (χ0v) is 18.4. The van der Waals surface area contributed by atoms with Crippen molar-refractivity contribution >= 4 is 23.9 Å². The second-order valence-electron chi connectivity index (χ2n) is 6.75. The summed E-state index contributed by atoms with van der Waals surface area (Å²) in [6.45, 7) is 6.18. The third-order valence-corrected chi connectivity index (χ3v) is 5.16. The number of aromatic nitrogens is 2. The van der Waals surface area contributed by atoms with Gasteiger partial charge in [-0.2, -0.15) is 5.10 Å². The topological polar surface area (TPSA) is 96.7 Å². The molecule has 0 saturated heterocycles. The van der Waals surface area contributed by atoms with Gasteiger partial charge in [-0.3, -0.25) is 4.79 Å². The Bertz CT molecular complexity index is 1060. The van der Waals surface area contributed by atoms with Crippen LogP contribution < -0.4 is 10.2 Å². The number of carbonyl (C=O) groups is 1. The molecule has 2 aromatic carbocycles. The minimum absolute atomic E-state index is 0.0167. The van der Waals surface area contributed by atoms with Crippen LogP contribution in [-0.2, 0) is 5.75 Å². The predicted octanol–water partition coefficient (Wildman–Crippen LogP) is 4.25. The number of amides is 1. The number of nitrogens with zero attached hydrogens (tertiary/aromatic N) is 3. The van der Waals surface area contributed by atoms with Crippen LogP contribution in [0.25, 0.3) is 0 Å². The molecule has 0 aliphatic heterocycles. The average Bonchev–Trinajstić information content (AvgIpc) is 2.74. The van der Waals surface area contributed by atoms with E-state index < -0.39 is 0 Å². The number of phenols is 1. The van der Waals surface area contributed by atoms with Crippen LogP contribution in [0.4, 0.5) is 0 Å². The van der Waals surface area contributed by atoms with Crippen LogP contribution in [0.2, 0.25) is 0 Å². The molecule has 0 saturated carbocycles. The third-order valence-electron chi connectivity index (χ3n) is 4.25. The van der Waals surface area contributed by atoms with Gasteiger partial charge >= 0.3 is 0 Å². The molecule has 1 aromatic heterocycles. The van der Waals surface area contributed by atoms with Crippen LogP contribution in [0, 0.1) is 13.8 Å². The van der Waals surface area contributed by atoms with E-state index in [1.165, 1.54) is 6.21 Å². The van der Waals surface area contributed by atoms with Gasteiger partial charge in [0.05, 0.1) is 12.8 Å². The lowest BCUT2D eigenvalue weighted by Crippen LogP contribution is -2.17. The van der Waals surface area contributed by atoms with Crippen molar-refractivity contribution < 1.29 is 14.6 Å². The summed E-state index contributed by atoms with van der Waals surface area (Å²) in [4.78, 5) is 21.2. The van der Waals surface area contributed by atoms with E-state index in [9.17, 15) is 9.90 Å². The first-order valence-electron chi connectivity index (χ1n) is 9.78. The summed E-state index contributed by atoms with van der Waals surface area (Å²) < 4.78 is 5.34. The number of ether oxygens (including phenoxy) is 1. The normalized spacial score (nSPS) is 10.9. The first-order valence-corrected chi connectivity index (χ1v) is 10.8. The number of rotatable bonds is 8. The molecule has 3 aromatic rings. The van der Waals surface area contributed by atoms with E-state index in [4.69, 9.17) is 4.74 Å². The second kappa shape index (κ2) is 10.6. The summed E-state index contributed by atoms with van der Waals surface area (Å²) in [5.74, 6) is 0.723. The molecule has 0 aliphatic carbocycles. The maximum Gasteiger partial charge on any atom is 0.271 e. The van der Waals surface area contributed by atoms with Crippen molar-refractivity contribution in [2.75, 3.05) is 6.61 Å². The molecule has 31 heavy (non-hydrogen) atoms. The largest absolute Gasteiger partial charge is 0.504 e. The maximum atomic E-state index is 12.3. The van der Waals surface area contributed by atoms with Gasteiger partial charge in [0.15, 0.2) is 16.7 Å². The smallest absolute Gasteiger partial charge is 0.271 e. The van der Waals surface area contributed by atoms with Gasteiger partial charge in [-0.25, -0.2) is 15.4 Å². The molecule has 160 valence electrons. The van der Waals surface area contributed by atoms with E-state index >= 15 is 0 Å². The van der Waals surface area contributed by atoms with Crippen LogP contribution in [0.3, 0.4) is 0 Å². The first kappa shape index (κ1) is 22.3. The molecule has 0 spiro atoms. The summed E-state index contributed by atoms with van der Waals surface area (Å²) in [6.07, 6.45) is 1.38. The fourth-order valence-electron chi connectivity index (χ4n) is 2.80. The maximum absolute atomic E-state index is 12.3. The minimum atomic E-state index is -0.339. The van der Waals surface area contributed by atoms with Gasteiger partial charge in [0.1, 0.15) is 0 Å². The number of thioether (sulfide) groups is 1. The van der Waals surface area contributed by atoms with Gasteiger partial charge in [0.2, 0.25) is 0 Å². The molecule has 3 rings (SSSR count). The number of nitrogens with one attached hydrogen (secondary N) is 1. The molecule has 8 heteroatoms. The summed E-state index contributed by atoms with van der Waals surface area (Å²) in [6, 6.07) is 14.3. The van der Waals surface area contributed by atoms with Crippen LogP contribution in [0.15, 0.2) is 58.8 Å². The summed E-state index contributed by atoms with van der Waals surface area (Å²) in [7, 11) is 0. The van der Waals surface area contributed by atoms with Crippen LogP contribution >= 0.6 is 11.8 Å². The minimum Gasteiger partial charge on any atom is -0.504 e. The quantitative estimate of drug-likeness (QED) is 0.237. The number of carbonyl (C=O) groups excluding carboxylic acids is 1. The molecule has 0 radical (unpaired) electrons. The molecule has 2 N–H and O–H groups in total. The Morgan fingerprint density at radius 2 is 1.87 bits per heavy atom. The van der Waals surface area contributed by atoms with Crippen molar-refractivity contribution in [2.24, 2.45) is 5.10 Å². The standard InChI is InChI=1S/C23H24N4O3S/c1-4-30-20-7-5-6-19(21(20)28)13-24-27-22(29)18-10-8-17(9-11-18)14-31-23-25-15(2)12-16(3)26-23/h5-13,28H,4,14H2,1-3H3,(H,27,29). The van der Waals surface area contributed by atoms with E-state index in [2.05, 4.69) is 20.5 Å². The fourth-order valence-corrected chi connectivity index (χ4v) is 3.70. The van der Waals surface area contributed by atoms with Gasteiger partial charge < -0.3 is 9.84 Å². The number of para-hydroxylation sites is 1. The van der Waals surface area contributed by atoms with E-state index in [1.54, 1.807) is 42.1 Å². The molecule has 0 unspecified atom stereocenters. The number of benzene rings is 2. The Morgan fingerprint density at radius 1 is 1.16 bits per heavy atom. The Hall–Kier alpha value is -3.39. The lowest BCUT2D eigenvalue weighted by Gasteiger charge is -2.07. The van der Waals surface area contributed by atoms with Crippen LogP contribution in [0.5, 0.6) is 11.5 Å². The number of hydrogen-bond acceptors (Lipinski definition) is 7. The Labute approximate surface area is 185 Å². The van der Waals surface area contributed by atoms with Crippen molar-refractivity contribution in [3.63, 3.8) is 0 Å². The highest BCUT2D eigenvalue weighted by Crippen LogP contribution is 2.28. The van der Waals surface area contributed by atoms with Gasteiger partial charge in [-0.1, -0.05) is 30.0 Å². The van der Waals surface area contributed by atoms with Crippen molar-refractivity contribution in [1.29, 1.82) is 0 Å². The average molecular weight is 437 g/mol. The summed E-state index contributed by atoms with van der Waals surface area (Å²) in [5.41, 5.74) is 6.36. The molecule has 7 nitrogen and oxygen atoms in total. The van der Waals surface area contributed by atoms with Crippen molar-refractivity contribution in [3.05, 3.63) is 76.6 Å².